The summed E-state index contributed by atoms with van der Waals surface area (Å²) in [4.78, 5) is 6.19. The van der Waals surface area contributed by atoms with Gasteiger partial charge >= 0.3 is 0 Å². The van der Waals surface area contributed by atoms with E-state index in [1.807, 2.05) is 27.7 Å². The molecule has 4 aliphatic carbocycles. The topological polar surface area (TPSA) is 57.8 Å². The summed E-state index contributed by atoms with van der Waals surface area (Å²) < 4.78 is 63.8. The molecule has 0 aromatic heterocycles. The zero-order chi connectivity index (χ0) is 55.1. The maximum Gasteiger partial charge on any atom is 0.261 e. The van der Waals surface area contributed by atoms with E-state index in [9.17, 15) is 22.0 Å². The molecular formula is C59H120F5N7. The van der Waals surface area contributed by atoms with E-state index in [1.165, 1.54) is 51.4 Å². The number of hydrogen-bond acceptors (Lipinski definition) is 7. The van der Waals surface area contributed by atoms with Gasteiger partial charge in [0.1, 0.15) is 18.0 Å². The van der Waals surface area contributed by atoms with Crippen molar-refractivity contribution < 1.29 is 22.0 Å². The van der Waals surface area contributed by atoms with Gasteiger partial charge in [-0.1, -0.05) is 40.5 Å². The van der Waals surface area contributed by atoms with Crippen LogP contribution in [0.5, 0.6) is 0 Å². The third-order valence-electron chi connectivity index (χ3n) is 14.5. The first-order chi connectivity index (χ1) is 32.0. The molecule has 4 atom stereocenters. The number of rotatable bonds is 7. The van der Waals surface area contributed by atoms with Crippen molar-refractivity contribution in [1.29, 1.82) is 0 Å². The quantitative estimate of drug-likeness (QED) is 0.190. The lowest BCUT2D eigenvalue weighted by Crippen LogP contribution is -2.55. The van der Waals surface area contributed by atoms with Gasteiger partial charge in [-0.2, -0.15) is 0 Å². The third-order valence-corrected chi connectivity index (χ3v) is 14.5. The van der Waals surface area contributed by atoms with Gasteiger partial charge in [-0.15, -0.1) is 0 Å². The van der Waals surface area contributed by atoms with Crippen LogP contribution in [-0.4, -0.2) is 142 Å². The molecule has 0 bridgehead atoms. The molecule has 3 aliphatic heterocycles. The summed E-state index contributed by atoms with van der Waals surface area (Å²) in [5.74, 6) is -0.0333. The maximum absolute atomic E-state index is 13.0. The van der Waals surface area contributed by atoms with Gasteiger partial charge in [-0.05, 0) is 195 Å². The van der Waals surface area contributed by atoms with Crippen molar-refractivity contribution in [3.8, 4) is 0 Å². The Labute approximate surface area is 437 Å². The molecule has 0 aromatic carbocycles. The van der Waals surface area contributed by atoms with Crippen molar-refractivity contribution in [1.82, 2.24) is 36.0 Å². The smallest absolute Gasteiger partial charge is 0.261 e. The Hall–Kier alpha value is -0.630. The van der Waals surface area contributed by atoms with E-state index in [2.05, 4.69) is 156 Å². The van der Waals surface area contributed by atoms with Crippen LogP contribution < -0.4 is 21.3 Å². The van der Waals surface area contributed by atoms with Crippen molar-refractivity contribution >= 4 is 0 Å². The standard InChI is InChI=1S/C9H18FN.3C9H19N.2C8H16FN.C7H13F2N/c1-8(2,3)11-7-5-9(4,10)6-7;2*1-7-5-8(6-7)10-9(2,3)4;1-9(2,3)10-8-6-4-5-7-8;2*1-6(2)10-4-7(3)8(9)5-10;1-6(2)10-4-3-7(8,9)5-10/h7,11H,5-6H2,1-4H3;2*7-8,10H,5-6H2,1-4H3;8,10H,4-7H2,1-3H3;2*6-8H,4-5H2,1-3H3;6H,3-5H2,1-2H3/t;;;;7-,8+;7-,8-;/m....01./s1. The average molecular weight is 1020 g/mol. The van der Waals surface area contributed by atoms with E-state index in [1.54, 1.807) is 11.8 Å². The molecule has 3 saturated heterocycles. The monoisotopic (exact) mass is 1020 g/mol. The van der Waals surface area contributed by atoms with E-state index < -0.39 is 23.9 Å². The van der Waals surface area contributed by atoms with Crippen LogP contribution in [0.3, 0.4) is 0 Å². The summed E-state index contributed by atoms with van der Waals surface area (Å²) >= 11 is 0. The SMILES string of the molecule is CC(C)(C)NC1CCCC1.CC(C)N1CCC(F)(F)C1.CC(C)N1C[C@@H](C)[C@H](F)C1.CC(C)N1C[C@@H](F)[C@@H](C)C1.CC1(F)CC(NC(C)(C)C)C1.CC1CC(NC(C)(C)C)C1.CC1CC(NC(C)(C)C)C1. The largest absolute Gasteiger partial charge is 0.309 e. The highest BCUT2D eigenvalue weighted by atomic mass is 19.3. The maximum atomic E-state index is 13.0. The van der Waals surface area contributed by atoms with E-state index in [-0.39, 0.29) is 36.4 Å². The lowest BCUT2D eigenvalue weighted by Gasteiger charge is -2.42. The van der Waals surface area contributed by atoms with Crippen LogP contribution in [0, 0.1) is 23.7 Å². The molecule has 0 amide bonds. The number of alkyl halides is 5. The fraction of sp³-hybridized carbons (Fsp3) is 1.00. The lowest BCUT2D eigenvalue weighted by atomic mass is 9.78. The molecule has 3 heterocycles. The van der Waals surface area contributed by atoms with Crippen LogP contribution in [0.15, 0.2) is 0 Å². The Kier molecular flexibility index (Phi) is 28.7. The van der Waals surface area contributed by atoms with Crippen LogP contribution in [0.1, 0.15) is 230 Å². The van der Waals surface area contributed by atoms with E-state index >= 15 is 0 Å². The third kappa shape index (κ3) is 31.9. The van der Waals surface area contributed by atoms with Gasteiger partial charge in [0.15, 0.2) is 0 Å². The second kappa shape index (κ2) is 29.8. The van der Waals surface area contributed by atoms with Gasteiger partial charge in [0.2, 0.25) is 0 Å². The molecule has 0 radical (unpaired) electrons. The minimum absolute atomic E-state index is 0.0329. The zero-order valence-corrected chi connectivity index (χ0v) is 50.8. The van der Waals surface area contributed by atoms with Gasteiger partial charge in [0, 0.05) is 115 Å². The predicted octanol–water partition coefficient (Wildman–Crippen LogP) is 14.0. The van der Waals surface area contributed by atoms with Crippen molar-refractivity contribution in [3.05, 3.63) is 0 Å². The second-order valence-electron chi connectivity index (χ2n) is 28.9. The minimum Gasteiger partial charge on any atom is -0.309 e. The summed E-state index contributed by atoms with van der Waals surface area (Å²) in [5, 5.41) is 14.2. The van der Waals surface area contributed by atoms with Gasteiger partial charge in [-0.25, -0.2) is 22.0 Å². The number of hydrogen-bond donors (Lipinski definition) is 4. The Morgan fingerprint density at radius 1 is 0.465 bits per heavy atom. The zero-order valence-electron chi connectivity index (χ0n) is 50.8. The Morgan fingerprint density at radius 3 is 0.972 bits per heavy atom. The lowest BCUT2D eigenvalue weighted by molar-refractivity contribution is 0.00918. The van der Waals surface area contributed by atoms with Gasteiger partial charge in [0.05, 0.1) is 6.54 Å². The summed E-state index contributed by atoms with van der Waals surface area (Å²) in [7, 11) is 0. The van der Waals surface area contributed by atoms with E-state index in [0.717, 1.165) is 43.1 Å². The summed E-state index contributed by atoms with van der Waals surface area (Å²) in [6, 6.07) is 4.06. The molecule has 12 heteroatoms. The molecule has 7 aliphatic rings. The van der Waals surface area contributed by atoms with E-state index in [4.69, 9.17) is 0 Å². The molecule has 0 unspecified atom stereocenters. The number of nitrogens with one attached hydrogen (secondary N) is 4. The number of halogens is 5. The Balaban J connectivity index is 0.000000414. The average Bonchev–Trinajstić information content (AvgIpc) is 3.94. The van der Waals surface area contributed by atoms with Gasteiger partial charge < -0.3 is 21.3 Å². The first kappa shape index (κ1) is 68.4. The molecule has 4 saturated carbocycles. The van der Waals surface area contributed by atoms with Crippen molar-refractivity contribution in [2.75, 3.05) is 39.3 Å². The first-order valence-corrected chi connectivity index (χ1v) is 28.7. The molecule has 4 N–H and O–H groups in total. The summed E-state index contributed by atoms with van der Waals surface area (Å²) in [6.07, 6.45) is 11.3. The molecule has 0 aromatic rings. The molecular weight excluding hydrogens is 902 g/mol. The number of likely N-dealkylation sites (tertiary alicyclic amines) is 3. The summed E-state index contributed by atoms with van der Waals surface area (Å²) in [6.45, 7) is 52.7. The molecule has 71 heavy (non-hydrogen) atoms. The molecule has 7 fully saturated rings. The summed E-state index contributed by atoms with van der Waals surface area (Å²) in [5.41, 5.74) is 0.161. The van der Waals surface area contributed by atoms with Crippen LogP contribution in [0.4, 0.5) is 22.0 Å². The van der Waals surface area contributed by atoms with Crippen LogP contribution in [-0.2, 0) is 0 Å². The fourth-order valence-electron chi connectivity index (χ4n) is 10.6. The number of nitrogens with zero attached hydrogens (tertiary/aromatic N) is 3. The second-order valence-corrected chi connectivity index (χ2v) is 28.9. The highest BCUT2D eigenvalue weighted by Gasteiger charge is 2.42. The van der Waals surface area contributed by atoms with Crippen molar-refractivity contribution in [2.24, 2.45) is 23.7 Å². The molecule has 426 valence electrons. The molecule has 7 rings (SSSR count). The molecule has 7 nitrogen and oxygen atoms in total. The fourth-order valence-corrected chi connectivity index (χ4v) is 10.6. The van der Waals surface area contributed by atoms with Crippen molar-refractivity contribution in [2.45, 2.75) is 318 Å². The van der Waals surface area contributed by atoms with Crippen LogP contribution in [0.2, 0.25) is 0 Å². The Morgan fingerprint density at radius 2 is 0.775 bits per heavy atom. The first-order valence-electron chi connectivity index (χ1n) is 28.7. The van der Waals surface area contributed by atoms with Crippen molar-refractivity contribution in [3.63, 3.8) is 0 Å². The van der Waals surface area contributed by atoms with E-state index in [0.29, 0.717) is 67.2 Å². The normalized spacial score (nSPS) is 32.2. The minimum atomic E-state index is -2.43. The van der Waals surface area contributed by atoms with Crippen LogP contribution >= 0.6 is 0 Å². The highest BCUT2D eigenvalue weighted by molar-refractivity contribution is 4.98. The van der Waals surface area contributed by atoms with Gasteiger partial charge in [-0.3, -0.25) is 14.7 Å². The molecule has 0 spiro atoms. The Bertz CT molecular complexity index is 1300. The van der Waals surface area contributed by atoms with Crippen LogP contribution in [0.25, 0.3) is 0 Å². The predicted molar refractivity (Wildman–Crippen MR) is 299 cm³/mol. The van der Waals surface area contributed by atoms with Gasteiger partial charge in [0.25, 0.3) is 5.92 Å². The highest BCUT2D eigenvalue weighted by Crippen LogP contribution is 2.36.